The number of benzene rings is 1. The topological polar surface area (TPSA) is 95.4 Å². The lowest BCUT2D eigenvalue weighted by Crippen LogP contribution is -2.47. The van der Waals surface area contributed by atoms with Gasteiger partial charge in [-0.1, -0.05) is 30.3 Å². The number of carbonyl (C=O) groups is 2. The van der Waals surface area contributed by atoms with Gasteiger partial charge in [0.25, 0.3) is 0 Å². The number of hydrogen-bond donors (Lipinski definition) is 2. The van der Waals surface area contributed by atoms with Gasteiger partial charge in [0.1, 0.15) is 11.9 Å². The van der Waals surface area contributed by atoms with Gasteiger partial charge in [-0.05, 0) is 18.4 Å². The summed E-state index contributed by atoms with van der Waals surface area (Å²) in [5.41, 5.74) is 0.887. The molecule has 136 valence electrons. The van der Waals surface area contributed by atoms with Gasteiger partial charge in [0.2, 0.25) is 5.91 Å². The zero-order valence-electron chi connectivity index (χ0n) is 14.4. The van der Waals surface area contributed by atoms with Gasteiger partial charge in [0.15, 0.2) is 0 Å². The van der Waals surface area contributed by atoms with E-state index in [1.165, 1.54) is 0 Å². The number of rotatable bonds is 6. The van der Waals surface area contributed by atoms with Crippen molar-refractivity contribution in [1.82, 2.24) is 15.3 Å². The Bertz CT molecular complexity index is 731. The van der Waals surface area contributed by atoms with Crippen LogP contribution in [0.15, 0.2) is 48.9 Å². The maximum absolute atomic E-state index is 12.5. The van der Waals surface area contributed by atoms with E-state index < -0.39 is 12.0 Å². The number of amides is 1. The van der Waals surface area contributed by atoms with Crippen LogP contribution in [0.2, 0.25) is 0 Å². The molecule has 2 N–H and O–H groups in total. The minimum absolute atomic E-state index is 0.180. The number of carboxylic acids is 1. The Morgan fingerprint density at radius 3 is 2.54 bits per heavy atom. The number of aromatic nitrogens is 2. The van der Waals surface area contributed by atoms with Crippen molar-refractivity contribution < 1.29 is 14.7 Å². The van der Waals surface area contributed by atoms with E-state index in [-0.39, 0.29) is 18.2 Å². The van der Waals surface area contributed by atoms with Gasteiger partial charge in [0, 0.05) is 37.8 Å². The Morgan fingerprint density at radius 2 is 1.92 bits per heavy atom. The molecule has 26 heavy (non-hydrogen) atoms. The predicted octanol–water partition coefficient (Wildman–Crippen LogP) is 1.51. The molecule has 1 amide bonds. The number of anilines is 1. The molecule has 0 saturated carbocycles. The van der Waals surface area contributed by atoms with Crippen LogP contribution in [-0.2, 0) is 16.0 Å². The molecule has 0 aliphatic carbocycles. The minimum atomic E-state index is -1.01. The summed E-state index contributed by atoms with van der Waals surface area (Å²) in [7, 11) is 0. The first kappa shape index (κ1) is 17.8. The van der Waals surface area contributed by atoms with Gasteiger partial charge >= 0.3 is 5.97 Å². The minimum Gasteiger partial charge on any atom is -0.480 e. The van der Waals surface area contributed by atoms with Crippen molar-refractivity contribution in [3.63, 3.8) is 0 Å². The molecule has 0 radical (unpaired) electrons. The molecule has 2 aromatic rings. The summed E-state index contributed by atoms with van der Waals surface area (Å²) in [6.07, 6.45) is 6.60. The Morgan fingerprint density at radius 1 is 1.19 bits per heavy atom. The van der Waals surface area contributed by atoms with E-state index in [0.717, 1.165) is 11.4 Å². The largest absolute Gasteiger partial charge is 0.480 e. The second-order valence-corrected chi connectivity index (χ2v) is 6.41. The molecule has 7 nitrogen and oxygen atoms in total. The lowest BCUT2D eigenvalue weighted by molar-refractivity contribution is -0.142. The molecular weight excluding hydrogens is 332 g/mol. The van der Waals surface area contributed by atoms with Gasteiger partial charge in [-0.2, -0.15) is 0 Å². The molecule has 0 bridgehead atoms. The smallest absolute Gasteiger partial charge is 0.326 e. The molecule has 1 atom stereocenters. The molecule has 1 aromatic heterocycles. The fourth-order valence-electron chi connectivity index (χ4n) is 3.16. The van der Waals surface area contributed by atoms with Crippen molar-refractivity contribution in [1.29, 1.82) is 0 Å². The normalized spacial score (nSPS) is 16.1. The standard InChI is InChI=1S/C19H22N4O3/c24-18(22-16(19(25)26)12-14-4-2-1-3-5-14)15-6-10-23(11-7-15)17-13-20-8-9-21-17/h1-5,8-9,13,15-16H,6-7,10-12H2,(H,22,24)(H,25,26). The van der Waals surface area contributed by atoms with Crippen molar-refractivity contribution >= 4 is 17.7 Å². The average molecular weight is 354 g/mol. The maximum atomic E-state index is 12.5. The summed E-state index contributed by atoms with van der Waals surface area (Å²) in [5.74, 6) is -0.578. The molecule has 1 unspecified atom stereocenters. The number of hydrogen-bond acceptors (Lipinski definition) is 5. The first-order valence-electron chi connectivity index (χ1n) is 8.71. The molecule has 1 fully saturated rings. The van der Waals surface area contributed by atoms with Crippen LogP contribution in [-0.4, -0.2) is 46.1 Å². The quantitative estimate of drug-likeness (QED) is 0.816. The Balaban J connectivity index is 1.54. The fourth-order valence-corrected chi connectivity index (χ4v) is 3.16. The predicted molar refractivity (Wildman–Crippen MR) is 96.7 cm³/mol. The van der Waals surface area contributed by atoms with E-state index in [1.807, 2.05) is 30.3 Å². The van der Waals surface area contributed by atoms with E-state index in [4.69, 9.17) is 0 Å². The van der Waals surface area contributed by atoms with E-state index in [1.54, 1.807) is 18.6 Å². The highest BCUT2D eigenvalue weighted by Gasteiger charge is 2.29. The summed E-state index contributed by atoms with van der Waals surface area (Å²) >= 11 is 0. The fraction of sp³-hybridized carbons (Fsp3) is 0.368. The zero-order chi connectivity index (χ0) is 18.4. The molecule has 1 saturated heterocycles. The van der Waals surface area contributed by atoms with Gasteiger partial charge < -0.3 is 15.3 Å². The lowest BCUT2D eigenvalue weighted by Gasteiger charge is -2.32. The van der Waals surface area contributed by atoms with Gasteiger partial charge in [-0.25, -0.2) is 9.78 Å². The van der Waals surface area contributed by atoms with Gasteiger partial charge in [-0.15, -0.1) is 0 Å². The van der Waals surface area contributed by atoms with E-state index in [2.05, 4.69) is 20.2 Å². The van der Waals surface area contributed by atoms with Crippen LogP contribution in [0.5, 0.6) is 0 Å². The first-order chi connectivity index (χ1) is 12.6. The third-order valence-corrected chi connectivity index (χ3v) is 4.64. The number of carbonyl (C=O) groups excluding carboxylic acids is 1. The zero-order valence-corrected chi connectivity index (χ0v) is 14.4. The van der Waals surface area contributed by atoms with Crippen molar-refractivity contribution in [3.05, 3.63) is 54.5 Å². The highest BCUT2D eigenvalue weighted by Crippen LogP contribution is 2.21. The number of carboxylic acid groups (broad SMARTS) is 1. The number of piperidine rings is 1. The highest BCUT2D eigenvalue weighted by atomic mass is 16.4. The average Bonchev–Trinajstić information content (AvgIpc) is 2.69. The van der Waals surface area contributed by atoms with Crippen LogP contribution in [0.25, 0.3) is 0 Å². The molecule has 1 aliphatic rings. The van der Waals surface area contributed by atoms with Crippen molar-refractivity contribution in [3.8, 4) is 0 Å². The number of nitrogens with zero attached hydrogens (tertiary/aromatic N) is 3. The second-order valence-electron chi connectivity index (χ2n) is 6.41. The highest BCUT2D eigenvalue weighted by molar-refractivity contribution is 5.85. The van der Waals surface area contributed by atoms with Crippen LogP contribution >= 0.6 is 0 Å². The summed E-state index contributed by atoms with van der Waals surface area (Å²) in [6, 6.07) is 8.41. The molecular formula is C19H22N4O3. The second kappa shape index (κ2) is 8.42. The molecule has 7 heteroatoms. The summed E-state index contributed by atoms with van der Waals surface area (Å²) in [5, 5.41) is 12.1. The third-order valence-electron chi connectivity index (χ3n) is 4.64. The molecule has 2 heterocycles. The SMILES string of the molecule is O=C(NC(Cc1ccccc1)C(=O)O)C1CCN(c2cnccn2)CC1. The third kappa shape index (κ3) is 4.56. The van der Waals surface area contributed by atoms with Crippen molar-refractivity contribution in [2.45, 2.75) is 25.3 Å². The van der Waals surface area contributed by atoms with Crippen LogP contribution in [0.1, 0.15) is 18.4 Å². The number of aliphatic carboxylic acids is 1. The molecule has 1 aromatic carbocycles. The van der Waals surface area contributed by atoms with E-state index >= 15 is 0 Å². The summed E-state index contributed by atoms with van der Waals surface area (Å²) < 4.78 is 0. The summed E-state index contributed by atoms with van der Waals surface area (Å²) in [4.78, 5) is 34.5. The van der Waals surface area contributed by atoms with E-state index in [9.17, 15) is 14.7 Å². The molecule has 1 aliphatic heterocycles. The van der Waals surface area contributed by atoms with Crippen LogP contribution in [0.3, 0.4) is 0 Å². The van der Waals surface area contributed by atoms with Gasteiger partial charge in [0.05, 0.1) is 6.20 Å². The summed E-state index contributed by atoms with van der Waals surface area (Å²) in [6.45, 7) is 1.40. The Hall–Kier alpha value is -2.96. The molecule has 0 spiro atoms. The van der Waals surface area contributed by atoms with Crippen LogP contribution < -0.4 is 10.2 Å². The van der Waals surface area contributed by atoms with Crippen LogP contribution in [0, 0.1) is 5.92 Å². The van der Waals surface area contributed by atoms with Gasteiger partial charge in [-0.3, -0.25) is 9.78 Å². The Labute approximate surface area is 152 Å². The maximum Gasteiger partial charge on any atom is 0.326 e. The Kier molecular flexibility index (Phi) is 5.78. The van der Waals surface area contributed by atoms with Crippen LogP contribution in [0.4, 0.5) is 5.82 Å². The lowest BCUT2D eigenvalue weighted by atomic mass is 9.95. The number of nitrogens with one attached hydrogen (secondary N) is 1. The molecule has 3 rings (SSSR count). The monoisotopic (exact) mass is 354 g/mol. The first-order valence-corrected chi connectivity index (χ1v) is 8.71. The van der Waals surface area contributed by atoms with Crippen molar-refractivity contribution in [2.75, 3.05) is 18.0 Å². The van der Waals surface area contributed by atoms with E-state index in [0.29, 0.717) is 25.9 Å². The van der Waals surface area contributed by atoms with Crippen molar-refractivity contribution in [2.24, 2.45) is 5.92 Å².